The number of hydrogen-bond acceptors (Lipinski definition) is 1. The fourth-order valence-electron chi connectivity index (χ4n) is 2.21. The molecule has 0 fully saturated rings. The molecule has 2 nitrogen and oxygen atoms in total. The zero-order chi connectivity index (χ0) is 13.2. The summed E-state index contributed by atoms with van der Waals surface area (Å²) in [4.78, 5) is 8.08. The molecule has 0 spiro atoms. The molecule has 0 saturated heterocycles. The Hall–Kier alpha value is -2.35. The van der Waals surface area contributed by atoms with Crippen LogP contribution in [0.4, 0.5) is 0 Å². The number of imidazole rings is 1. The lowest BCUT2D eigenvalue weighted by Crippen LogP contribution is -1.81. The van der Waals surface area contributed by atoms with E-state index in [1.807, 2.05) is 19.1 Å². The molecule has 94 valence electrons. The number of fused-ring (bicyclic) bond motifs is 1. The van der Waals surface area contributed by atoms with E-state index < -0.39 is 0 Å². The van der Waals surface area contributed by atoms with Crippen molar-refractivity contribution in [2.24, 2.45) is 0 Å². The summed E-state index contributed by atoms with van der Waals surface area (Å²) in [6, 6.07) is 16.6. The van der Waals surface area contributed by atoms with Crippen molar-refractivity contribution in [3.8, 4) is 11.1 Å². The predicted molar refractivity (Wildman–Crippen MR) is 80.9 cm³/mol. The lowest BCUT2D eigenvalue weighted by atomic mass is 10.0. The second-order valence-electron chi connectivity index (χ2n) is 4.62. The number of allylic oxidation sites excluding steroid dienone is 2. The molecule has 2 aromatic carbocycles. The number of rotatable bonds is 2. The normalized spacial score (nSPS) is 12.0. The van der Waals surface area contributed by atoms with Crippen LogP contribution in [0.5, 0.6) is 0 Å². The number of aromatic amines is 1. The van der Waals surface area contributed by atoms with Gasteiger partial charge in [-0.1, -0.05) is 48.5 Å². The van der Waals surface area contributed by atoms with Gasteiger partial charge >= 0.3 is 0 Å². The quantitative estimate of drug-likeness (QED) is 0.702. The highest BCUT2D eigenvalue weighted by Gasteiger charge is 2.08. The van der Waals surface area contributed by atoms with Crippen molar-refractivity contribution in [1.82, 2.24) is 9.97 Å². The second kappa shape index (κ2) is 4.73. The molecule has 0 aliphatic heterocycles. The van der Waals surface area contributed by atoms with Gasteiger partial charge in [0.15, 0.2) is 0 Å². The zero-order valence-corrected chi connectivity index (χ0v) is 11.1. The molecule has 0 unspecified atom stereocenters. The first kappa shape index (κ1) is 11.7. The molecule has 0 aliphatic carbocycles. The van der Waals surface area contributed by atoms with E-state index in [0.29, 0.717) is 0 Å². The topological polar surface area (TPSA) is 28.7 Å². The fourth-order valence-corrected chi connectivity index (χ4v) is 2.21. The molecular formula is C17H16N2. The van der Waals surface area contributed by atoms with E-state index >= 15 is 0 Å². The number of nitrogens with zero attached hydrogens (tertiary/aromatic N) is 1. The highest BCUT2D eigenvalue weighted by molar-refractivity contribution is 5.93. The molecule has 0 amide bonds. The predicted octanol–water partition coefficient (Wildman–Crippen LogP) is 4.65. The van der Waals surface area contributed by atoms with Crippen LogP contribution in [0.25, 0.3) is 27.7 Å². The van der Waals surface area contributed by atoms with Gasteiger partial charge in [0, 0.05) is 5.56 Å². The molecule has 19 heavy (non-hydrogen) atoms. The van der Waals surface area contributed by atoms with Crippen LogP contribution in [0, 0.1) is 0 Å². The van der Waals surface area contributed by atoms with E-state index in [-0.39, 0.29) is 0 Å². The number of H-pyrrole nitrogens is 1. The number of aromatic nitrogens is 2. The molecule has 0 bridgehead atoms. The summed E-state index contributed by atoms with van der Waals surface area (Å²) in [7, 11) is 0. The number of nitrogens with one attached hydrogen (secondary N) is 1. The van der Waals surface area contributed by atoms with Gasteiger partial charge in [0.05, 0.1) is 11.0 Å². The third-order valence-corrected chi connectivity index (χ3v) is 3.41. The Labute approximate surface area is 112 Å². The third kappa shape index (κ3) is 2.06. The van der Waals surface area contributed by atoms with Gasteiger partial charge in [-0.15, -0.1) is 0 Å². The second-order valence-corrected chi connectivity index (χ2v) is 4.62. The van der Waals surface area contributed by atoms with Gasteiger partial charge in [-0.25, -0.2) is 4.98 Å². The van der Waals surface area contributed by atoms with Gasteiger partial charge in [-0.05, 0) is 31.1 Å². The van der Waals surface area contributed by atoms with E-state index in [1.54, 1.807) is 0 Å². The van der Waals surface area contributed by atoms with Crippen LogP contribution in [-0.4, -0.2) is 9.97 Å². The van der Waals surface area contributed by atoms with Crippen LogP contribution in [0.2, 0.25) is 0 Å². The molecule has 1 aromatic heterocycles. The van der Waals surface area contributed by atoms with Gasteiger partial charge in [0.25, 0.3) is 0 Å². The summed E-state index contributed by atoms with van der Waals surface area (Å²) in [5.74, 6) is 0.945. The Morgan fingerprint density at radius 3 is 2.58 bits per heavy atom. The van der Waals surface area contributed by atoms with Crippen molar-refractivity contribution in [2.75, 3.05) is 0 Å². The Balaban J connectivity index is 2.24. The lowest BCUT2D eigenvalue weighted by molar-refractivity contribution is 1.25. The van der Waals surface area contributed by atoms with Gasteiger partial charge in [0.2, 0.25) is 0 Å². The molecule has 3 aromatic rings. The molecule has 0 atom stereocenters. The first-order chi connectivity index (χ1) is 9.29. The molecule has 2 heteroatoms. The first-order valence-electron chi connectivity index (χ1n) is 6.47. The number of para-hydroxylation sites is 1. The van der Waals surface area contributed by atoms with Crippen molar-refractivity contribution in [3.63, 3.8) is 0 Å². The lowest BCUT2D eigenvalue weighted by Gasteiger charge is -2.02. The van der Waals surface area contributed by atoms with Crippen LogP contribution in [0.3, 0.4) is 0 Å². The SMILES string of the molecule is CC=C(C)c1nc2cccc(-c3ccccc3)c2[nH]1. The monoisotopic (exact) mass is 248 g/mol. The average molecular weight is 248 g/mol. The Morgan fingerprint density at radius 1 is 1.05 bits per heavy atom. The molecule has 1 N–H and O–H groups in total. The minimum atomic E-state index is 0.945. The highest BCUT2D eigenvalue weighted by atomic mass is 14.9. The minimum Gasteiger partial charge on any atom is -0.338 e. The summed E-state index contributed by atoms with van der Waals surface area (Å²) in [5, 5.41) is 0. The van der Waals surface area contributed by atoms with Gasteiger partial charge in [0.1, 0.15) is 5.82 Å². The van der Waals surface area contributed by atoms with E-state index in [4.69, 9.17) is 0 Å². The van der Waals surface area contributed by atoms with Crippen molar-refractivity contribution >= 4 is 16.6 Å². The Morgan fingerprint density at radius 2 is 1.84 bits per heavy atom. The van der Waals surface area contributed by atoms with E-state index in [2.05, 4.69) is 59.4 Å². The number of hydrogen-bond donors (Lipinski definition) is 1. The first-order valence-corrected chi connectivity index (χ1v) is 6.47. The van der Waals surface area contributed by atoms with Gasteiger partial charge in [-0.3, -0.25) is 0 Å². The average Bonchev–Trinajstić information content (AvgIpc) is 2.91. The van der Waals surface area contributed by atoms with Crippen molar-refractivity contribution in [1.29, 1.82) is 0 Å². The van der Waals surface area contributed by atoms with Crippen molar-refractivity contribution < 1.29 is 0 Å². The smallest absolute Gasteiger partial charge is 0.133 e. The molecule has 0 saturated carbocycles. The summed E-state index contributed by atoms with van der Waals surface area (Å²) in [6.07, 6.45) is 2.07. The molecule has 0 radical (unpaired) electrons. The summed E-state index contributed by atoms with van der Waals surface area (Å²) in [6.45, 7) is 4.10. The Bertz CT molecular complexity index is 736. The van der Waals surface area contributed by atoms with Crippen LogP contribution < -0.4 is 0 Å². The third-order valence-electron chi connectivity index (χ3n) is 3.41. The van der Waals surface area contributed by atoms with Gasteiger partial charge in [-0.2, -0.15) is 0 Å². The standard InChI is InChI=1S/C17H16N2/c1-3-12(2)17-18-15-11-7-10-14(16(15)19-17)13-8-5-4-6-9-13/h3-11H,1-2H3,(H,18,19). The van der Waals surface area contributed by atoms with Crippen molar-refractivity contribution in [3.05, 3.63) is 60.4 Å². The maximum absolute atomic E-state index is 4.65. The van der Waals surface area contributed by atoms with Crippen LogP contribution in [0.1, 0.15) is 19.7 Å². The van der Waals surface area contributed by atoms with Crippen molar-refractivity contribution in [2.45, 2.75) is 13.8 Å². The van der Waals surface area contributed by atoms with E-state index in [1.165, 1.54) is 11.1 Å². The van der Waals surface area contributed by atoms with Crippen LogP contribution in [0.15, 0.2) is 54.6 Å². The highest BCUT2D eigenvalue weighted by Crippen LogP contribution is 2.28. The molecule has 1 heterocycles. The summed E-state index contributed by atoms with van der Waals surface area (Å²) < 4.78 is 0. The largest absolute Gasteiger partial charge is 0.338 e. The van der Waals surface area contributed by atoms with E-state index in [9.17, 15) is 0 Å². The molecule has 0 aliphatic rings. The molecule has 3 rings (SSSR count). The summed E-state index contributed by atoms with van der Waals surface area (Å²) in [5.41, 5.74) is 5.68. The van der Waals surface area contributed by atoms with Crippen LogP contribution >= 0.6 is 0 Å². The molecular weight excluding hydrogens is 232 g/mol. The van der Waals surface area contributed by atoms with E-state index in [0.717, 1.165) is 22.4 Å². The maximum atomic E-state index is 4.65. The summed E-state index contributed by atoms with van der Waals surface area (Å²) >= 11 is 0. The Kier molecular flexibility index (Phi) is 2.92. The minimum absolute atomic E-state index is 0.945. The fraction of sp³-hybridized carbons (Fsp3) is 0.118. The maximum Gasteiger partial charge on any atom is 0.133 e. The van der Waals surface area contributed by atoms with Gasteiger partial charge < -0.3 is 4.98 Å². The van der Waals surface area contributed by atoms with Crippen LogP contribution in [-0.2, 0) is 0 Å². The zero-order valence-electron chi connectivity index (χ0n) is 11.1. The number of benzene rings is 2.